The van der Waals surface area contributed by atoms with Gasteiger partial charge in [0.25, 0.3) is 5.89 Å². The lowest BCUT2D eigenvalue weighted by molar-refractivity contribution is 0.0289. The maximum absolute atomic E-state index is 6.14. The molecule has 1 fully saturated rings. The van der Waals surface area contributed by atoms with Crippen molar-refractivity contribution in [1.29, 1.82) is 0 Å². The third kappa shape index (κ3) is 4.43. The van der Waals surface area contributed by atoms with Gasteiger partial charge < -0.3 is 18.9 Å². The second-order valence-corrected chi connectivity index (χ2v) is 8.08. The van der Waals surface area contributed by atoms with Gasteiger partial charge in [0.1, 0.15) is 5.75 Å². The fraction of sp³-hybridized carbons (Fsp3) is 0.417. The molecule has 0 saturated carbocycles. The van der Waals surface area contributed by atoms with Crippen molar-refractivity contribution >= 4 is 5.69 Å². The number of piperazine rings is 1. The van der Waals surface area contributed by atoms with E-state index in [9.17, 15) is 0 Å². The highest BCUT2D eigenvalue weighted by atomic mass is 16.5. The molecule has 1 aromatic heterocycles. The van der Waals surface area contributed by atoms with Crippen LogP contribution in [0.1, 0.15) is 23.7 Å². The molecule has 1 atom stereocenters. The van der Waals surface area contributed by atoms with Crippen molar-refractivity contribution in [2.75, 3.05) is 51.3 Å². The fourth-order valence-corrected chi connectivity index (χ4v) is 4.53. The zero-order valence-electron chi connectivity index (χ0n) is 17.9. The van der Waals surface area contributed by atoms with Crippen LogP contribution in [0.2, 0.25) is 0 Å². The number of rotatable bonds is 6. The highest BCUT2D eigenvalue weighted by Gasteiger charge is 2.24. The lowest BCUT2D eigenvalue weighted by Gasteiger charge is -2.37. The summed E-state index contributed by atoms with van der Waals surface area (Å²) in [5, 5.41) is 3.71. The Hall–Kier alpha value is -2.90. The first kappa shape index (κ1) is 20.0. The first-order chi connectivity index (χ1) is 15.3. The lowest BCUT2D eigenvalue weighted by atomic mass is 9.93. The predicted molar refractivity (Wildman–Crippen MR) is 118 cm³/mol. The molecule has 0 N–H and O–H groups in total. The van der Waals surface area contributed by atoms with Crippen LogP contribution >= 0.6 is 0 Å². The molecule has 3 aromatic rings. The zero-order chi connectivity index (χ0) is 21.0. The average molecular weight is 421 g/mol. The third-order valence-electron chi connectivity index (χ3n) is 6.31. The number of aromatic nitrogens is 2. The molecule has 2 aliphatic heterocycles. The zero-order valence-corrected chi connectivity index (χ0v) is 17.9. The molecule has 1 saturated heterocycles. The van der Waals surface area contributed by atoms with Crippen LogP contribution in [0, 0.1) is 0 Å². The number of benzene rings is 2. The van der Waals surface area contributed by atoms with Gasteiger partial charge >= 0.3 is 0 Å². The highest BCUT2D eigenvalue weighted by Crippen LogP contribution is 2.32. The van der Waals surface area contributed by atoms with Gasteiger partial charge in [0.2, 0.25) is 0 Å². The smallest absolute Gasteiger partial charge is 0.257 e. The van der Waals surface area contributed by atoms with Gasteiger partial charge in [-0.05, 0) is 60.4 Å². The summed E-state index contributed by atoms with van der Waals surface area (Å²) in [6.07, 6.45) is 3.53. The Balaban J connectivity index is 1.16. The molecular formula is C24H28N4O3. The maximum Gasteiger partial charge on any atom is 0.257 e. The minimum Gasteiger partial charge on any atom is -0.497 e. The van der Waals surface area contributed by atoms with Crippen LogP contribution in [0.5, 0.6) is 5.75 Å². The van der Waals surface area contributed by atoms with E-state index in [1.54, 1.807) is 7.11 Å². The second kappa shape index (κ2) is 9.08. The largest absolute Gasteiger partial charge is 0.497 e. The predicted octanol–water partition coefficient (Wildman–Crippen LogP) is 3.57. The molecule has 1 unspecified atom stereocenters. The van der Waals surface area contributed by atoms with Gasteiger partial charge in [-0.3, -0.25) is 4.90 Å². The van der Waals surface area contributed by atoms with Crippen LogP contribution < -0.4 is 9.64 Å². The topological polar surface area (TPSA) is 63.9 Å². The first-order valence-corrected chi connectivity index (χ1v) is 10.9. The van der Waals surface area contributed by atoms with Gasteiger partial charge in [-0.15, -0.1) is 0 Å². The van der Waals surface area contributed by atoms with Gasteiger partial charge in [0.05, 0.1) is 19.8 Å². The Kier molecular flexibility index (Phi) is 5.86. The van der Waals surface area contributed by atoms with Crippen molar-refractivity contribution in [1.82, 2.24) is 15.0 Å². The summed E-state index contributed by atoms with van der Waals surface area (Å²) in [4.78, 5) is 9.15. The monoisotopic (exact) mass is 420 g/mol. The lowest BCUT2D eigenvalue weighted by Crippen LogP contribution is -2.46. The van der Waals surface area contributed by atoms with Crippen LogP contribution in [-0.2, 0) is 11.2 Å². The summed E-state index contributed by atoms with van der Waals surface area (Å²) in [6.45, 7) is 6.04. The Bertz CT molecular complexity index is 983. The molecule has 162 valence electrons. The summed E-state index contributed by atoms with van der Waals surface area (Å²) in [6, 6.07) is 14.7. The maximum atomic E-state index is 6.14. The summed E-state index contributed by atoms with van der Waals surface area (Å²) in [5.74, 6) is 1.47. The van der Waals surface area contributed by atoms with Crippen molar-refractivity contribution in [3.8, 4) is 17.2 Å². The van der Waals surface area contributed by atoms with E-state index in [1.807, 2.05) is 12.1 Å². The highest BCUT2D eigenvalue weighted by molar-refractivity contribution is 5.56. The van der Waals surface area contributed by atoms with E-state index in [4.69, 9.17) is 14.0 Å². The van der Waals surface area contributed by atoms with Gasteiger partial charge in [0, 0.05) is 44.0 Å². The molecule has 0 bridgehead atoms. The van der Waals surface area contributed by atoms with Crippen molar-refractivity contribution in [2.45, 2.75) is 18.9 Å². The molecule has 7 heteroatoms. The molecule has 3 heterocycles. The number of nitrogens with zero attached hydrogens (tertiary/aromatic N) is 4. The van der Waals surface area contributed by atoms with Gasteiger partial charge in [0.15, 0.2) is 6.33 Å². The fourth-order valence-electron chi connectivity index (χ4n) is 4.53. The molecule has 0 radical (unpaired) electrons. The van der Waals surface area contributed by atoms with Crippen LogP contribution in [0.4, 0.5) is 5.69 Å². The molecule has 0 amide bonds. The van der Waals surface area contributed by atoms with E-state index < -0.39 is 0 Å². The Morgan fingerprint density at radius 3 is 2.65 bits per heavy atom. The molecule has 0 aliphatic carbocycles. The normalized spacial score (nSPS) is 19.3. The van der Waals surface area contributed by atoms with E-state index in [2.05, 4.69) is 50.3 Å². The average Bonchev–Trinajstić information content (AvgIpc) is 3.38. The Morgan fingerprint density at radius 1 is 1.06 bits per heavy atom. The third-order valence-corrected chi connectivity index (χ3v) is 6.31. The quantitative estimate of drug-likeness (QED) is 0.604. The summed E-state index contributed by atoms with van der Waals surface area (Å²) >= 11 is 0. The number of anilines is 1. The molecule has 0 spiro atoms. The van der Waals surface area contributed by atoms with Crippen molar-refractivity contribution in [3.05, 3.63) is 59.9 Å². The number of hydrogen-bond donors (Lipinski definition) is 0. The first-order valence-electron chi connectivity index (χ1n) is 10.9. The number of methoxy groups -OCH3 is 1. The number of fused-ring (bicyclic) bond motifs is 1. The van der Waals surface area contributed by atoms with Crippen molar-refractivity contribution in [3.63, 3.8) is 0 Å². The minimum atomic E-state index is 0.153. The van der Waals surface area contributed by atoms with Gasteiger partial charge in [-0.2, -0.15) is 4.98 Å². The second-order valence-electron chi connectivity index (χ2n) is 8.08. The number of ether oxygens (including phenoxy) is 2. The molecular weight excluding hydrogens is 392 g/mol. The van der Waals surface area contributed by atoms with Crippen LogP contribution in [0.25, 0.3) is 11.5 Å². The van der Waals surface area contributed by atoms with Gasteiger partial charge in [-0.25, -0.2) is 0 Å². The summed E-state index contributed by atoms with van der Waals surface area (Å²) < 4.78 is 16.6. The molecule has 2 aliphatic rings. The van der Waals surface area contributed by atoms with Crippen molar-refractivity contribution < 1.29 is 14.0 Å². The van der Waals surface area contributed by atoms with E-state index in [-0.39, 0.29) is 6.10 Å². The van der Waals surface area contributed by atoms with E-state index >= 15 is 0 Å². The Morgan fingerprint density at radius 2 is 1.90 bits per heavy atom. The molecule has 5 rings (SSSR count). The molecule has 7 nitrogen and oxygen atoms in total. The van der Waals surface area contributed by atoms with Crippen LogP contribution in [-0.4, -0.2) is 61.5 Å². The Labute approximate surface area is 182 Å². The summed E-state index contributed by atoms with van der Waals surface area (Å²) in [7, 11) is 1.70. The standard InChI is InChI=1S/C24H28N4O3/c1-29-21-5-3-20(4-6-21)28-13-11-27(12-14-28)10-8-23-22-7-2-19(24-25-17-26-31-24)16-18(22)9-15-30-23/h2-7,16-17,23H,8-15H2,1H3. The minimum absolute atomic E-state index is 0.153. The molecule has 31 heavy (non-hydrogen) atoms. The summed E-state index contributed by atoms with van der Waals surface area (Å²) in [5.41, 5.74) is 4.87. The molecule has 2 aromatic carbocycles. The van der Waals surface area contributed by atoms with Crippen LogP contribution in [0.3, 0.4) is 0 Å². The van der Waals surface area contributed by atoms with E-state index in [0.29, 0.717) is 5.89 Å². The van der Waals surface area contributed by atoms with E-state index in [1.165, 1.54) is 23.1 Å². The van der Waals surface area contributed by atoms with Crippen molar-refractivity contribution in [2.24, 2.45) is 0 Å². The van der Waals surface area contributed by atoms with Crippen LogP contribution in [0.15, 0.2) is 53.3 Å². The van der Waals surface area contributed by atoms with E-state index in [0.717, 1.165) is 63.5 Å². The number of hydrogen-bond acceptors (Lipinski definition) is 7. The van der Waals surface area contributed by atoms with Gasteiger partial charge in [-0.1, -0.05) is 11.2 Å². The SMILES string of the molecule is COc1ccc(N2CCN(CCC3OCCc4cc(-c5ncno5)ccc43)CC2)cc1.